The number of nitrogens with zero attached hydrogens (tertiary/aromatic N) is 2. The number of carbonyl (C=O) groups excluding carboxylic acids is 2. The van der Waals surface area contributed by atoms with Crippen LogP contribution in [0.3, 0.4) is 0 Å². The van der Waals surface area contributed by atoms with Gasteiger partial charge in [-0.05, 0) is 37.9 Å². The number of carbonyl (C=O) groups is 2. The van der Waals surface area contributed by atoms with Crippen LogP contribution in [-0.4, -0.2) is 62.0 Å². The van der Waals surface area contributed by atoms with Crippen molar-refractivity contribution >= 4 is 17.5 Å². The fourth-order valence-corrected chi connectivity index (χ4v) is 4.00. The molecule has 1 aromatic rings. The molecular weight excluding hydrogens is 359 g/mol. The van der Waals surface area contributed by atoms with Crippen LogP contribution in [0.1, 0.15) is 38.5 Å². The lowest BCUT2D eigenvalue weighted by atomic mass is 9.95. The molecular formula is C21H31FN4O2. The second kappa shape index (κ2) is 10.4. The molecule has 154 valence electrons. The molecule has 2 amide bonds. The van der Waals surface area contributed by atoms with Gasteiger partial charge in [-0.25, -0.2) is 4.39 Å². The molecule has 0 atom stereocenters. The summed E-state index contributed by atoms with van der Waals surface area (Å²) in [6.07, 6.45) is 6.19. The number of piperazine rings is 1. The van der Waals surface area contributed by atoms with Crippen molar-refractivity contribution < 1.29 is 14.0 Å². The number of hydrogen-bond acceptors (Lipinski definition) is 4. The van der Waals surface area contributed by atoms with Crippen molar-refractivity contribution in [3.8, 4) is 0 Å². The molecule has 1 saturated carbocycles. The third-order valence-electron chi connectivity index (χ3n) is 5.65. The molecule has 2 fully saturated rings. The second-order valence-corrected chi connectivity index (χ2v) is 7.70. The largest absolute Gasteiger partial charge is 0.367 e. The normalized spacial score (nSPS) is 18.7. The standard InChI is InChI=1S/C21H31FN4O2/c22-18-9-4-5-10-19(18)26-15-13-25(14-16-26)12-6-11-23-20(27)21(28)24-17-7-2-1-3-8-17/h4-5,9-10,17H,1-3,6-8,11-16H2,(H,23,27)(H,24,28). The minimum Gasteiger partial charge on any atom is -0.367 e. The van der Waals surface area contributed by atoms with E-state index in [-0.39, 0.29) is 11.9 Å². The van der Waals surface area contributed by atoms with Crippen molar-refractivity contribution in [1.29, 1.82) is 0 Å². The van der Waals surface area contributed by atoms with E-state index >= 15 is 0 Å². The van der Waals surface area contributed by atoms with Crippen LogP contribution in [0, 0.1) is 5.82 Å². The average Bonchev–Trinajstić information content (AvgIpc) is 2.72. The number of amides is 2. The van der Waals surface area contributed by atoms with Crippen LogP contribution in [0.4, 0.5) is 10.1 Å². The molecule has 7 heteroatoms. The summed E-state index contributed by atoms with van der Waals surface area (Å²) in [5.74, 6) is -1.22. The minimum atomic E-state index is -0.532. The quantitative estimate of drug-likeness (QED) is 0.575. The zero-order valence-corrected chi connectivity index (χ0v) is 16.5. The molecule has 28 heavy (non-hydrogen) atoms. The molecule has 2 N–H and O–H groups in total. The molecule has 1 aliphatic carbocycles. The first-order valence-electron chi connectivity index (χ1n) is 10.4. The fourth-order valence-electron chi connectivity index (χ4n) is 4.00. The predicted molar refractivity (Wildman–Crippen MR) is 108 cm³/mol. The Bertz CT molecular complexity index is 656. The third kappa shape index (κ3) is 5.92. The third-order valence-corrected chi connectivity index (χ3v) is 5.65. The Balaban J connectivity index is 1.29. The highest BCUT2D eigenvalue weighted by atomic mass is 19.1. The maximum absolute atomic E-state index is 13.9. The van der Waals surface area contributed by atoms with E-state index in [1.165, 1.54) is 12.5 Å². The molecule has 1 aliphatic heterocycles. The number of rotatable bonds is 6. The summed E-state index contributed by atoms with van der Waals surface area (Å²) in [6, 6.07) is 7.03. The molecule has 2 aliphatic rings. The van der Waals surface area contributed by atoms with Crippen LogP contribution >= 0.6 is 0 Å². The van der Waals surface area contributed by atoms with E-state index in [1.807, 2.05) is 12.1 Å². The molecule has 1 aromatic carbocycles. The number of nitrogens with one attached hydrogen (secondary N) is 2. The summed E-state index contributed by atoms with van der Waals surface area (Å²) < 4.78 is 13.9. The van der Waals surface area contributed by atoms with Crippen molar-refractivity contribution in [2.45, 2.75) is 44.6 Å². The van der Waals surface area contributed by atoms with Gasteiger partial charge in [0.15, 0.2) is 0 Å². The summed E-state index contributed by atoms with van der Waals surface area (Å²) >= 11 is 0. The van der Waals surface area contributed by atoms with Crippen LogP contribution in [0.25, 0.3) is 0 Å². The zero-order chi connectivity index (χ0) is 19.8. The van der Waals surface area contributed by atoms with Crippen LogP contribution < -0.4 is 15.5 Å². The number of benzene rings is 1. The summed E-state index contributed by atoms with van der Waals surface area (Å²) in [6.45, 7) is 4.66. The van der Waals surface area contributed by atoms with E-state index in [9.17, 15) is 14.0 Å². The highest BCUT2D eigenvalue weighted by molar-refractivity contribution is 6.35. The minimum absolute atomic E-state index is 0.151. The first-order valence-corrected chi connectivity index (χ1v) is 10.4. The molecule has 0 bridgehead atoms. The van der Waals surface area contributed by atoms with Gasteiger partial charge in [-0.3, -0.25) is 14.5 Å². The zero-order valence-electron chi connectivity index (χ0n) is 16.5. The van der Waals surface area contributed by atoms with Crippen LogP contribution in [0.5, 0.6) is 0 Å². The lowest BCUT2D eigenvalue weighted by Crippen LogP contribution is -2.48. The van der Waals surface area contributed by atoms with E-state index in [2.05, 4.69) is 20.4 Å². The van der Waals surface area contributed by atoms with E-state index in [0.29, 0.717) is 12.2 Å². The second-order valence-electron chi connectivity index (χ2n) is 7.70. The summed E-state index contributed by atoms with van der Waals surface area (Å²) in [4.78, 5) is 28.2. The van der Waals surface area contributed by atoms with Gasteiger partial charge < -0.3 is 15.5 Å². The van der Waals surface area contributed by atoms with E-state index in [4.69, 9.17) is 0 Å². The van der Waals surface area contributed by atoms with E-state index < -0.39 is 11.8 Å². The Labute approximate surface area is 166 Å². The van der Waals surface area contributed by atoms with Crippen molar-refractivity contribution in [2.24, 2.45) is 0 Å². The van der Waals surface area contributed by atoms with E-state index in [0.717, 1.165) is 64.8 Å². The van der Waals surface area contributed by atoms with Crippen molar-refractivity contribution in [3.05, 3.63) is 30.1 Å². The Morgan fingerprint density at radius 1 is 1.00 bits per heavy atom. The molecule has 3 rings (SSSR count). The van der Waals surface area contributed by atoms with Crippen LogP contribution in [0.2, 0.25) is 0 Å². The monoisotopic (exact) mass is 390 g/mol. The molecule has 0 spiro atoms. The van der Waals surface area contributed by atoms with Gasteiger partial charge >= 0.3 is 11.8 Å². The lowest BCUT2D eigenvalue weighted by molar-refractivity contribution is -0.139. The highest BCUT2D eigenvalue weighted by Crippen LogP contribution is 2.20. The smallest absolute Gasteiger partial charge is 0.309 e. The van der Waals surface area contributed by atoms with Gasteiger partial charge in [-0.2, -0.15) is 0 Å². The van der Waals surface area contributed by atoms with Gasteiger partial charge in [0.25, 0.3) is 0 Å². The highest BCUT2D eigenvalue weighted by Gasteiger charge is 2.21. The van der Waals surface area contributed by atoms with Gasteiger partial charge in [0.2, 0.25) is 0 Å². The van der Waals surface area contributed by atoms with Crippen molar-refractivity contribution in [2.75, 3.05) is 44.2 Å². The SMILES string of the molecule is O=C(NCCCN1CCN(c2ccccc2F)CC1)C(=O)NC1CCCCC1. The number of halogens is 1. The molecule has 0 unspecified atom stereocenters. The summed E-state index contributed by atoms with van der Waals surface area (Å²) in [5, 5.41) is 5.55. The lowest BCUT2D eigenvalue weighted by Gasteiger charge is -2.36. The average molecular weight is 391 g/mol. The maximum atomic E-state index is 13.9. The summed E-state index contributed by atoms with van der Waals surface area (Å²) in [5.41, 5.74) is 0.665. The van der Waals surface area contributed by atoms with Crippen LogP contribution in [-0.2, 0) is 9.59 Å². The molecule has 1 saturated heterocycles. The molecule has 1 heterocycles. The Hall–Kier alpha value is -2.15. The van der Waals surface area contributed by atoms with Gasteiger partial charge in [-0.1, -0.05) is 31.4 Å². The molecule has 6 nitrogen and oxygen atoms in total. The van der Waals surface area contributed by atoms with Gasteiger partial charge in [0.1, 0.15) is 5.82 Å². The van der Waals surface area contributed by atoms with Gasteiger partial charge in [0, 0.05) is 38.8 Å². The van der Waals surface area contributed by atoms with Crippen molar-refractivity contribution in [1.82, 2.24) is 15.5 Å². The molecule has 0 radical (unpaired) electrons. The molecule has 0 aromatic heterocycles. The van der Waals surface area contributed by atoms with Gasteiger partial charge in [0.05, 0.1) is 5.69 Å². The topological polar surface area (TPSA) is 64.7 Å². The van der Waals surface area contributed by atoms with E-state index in [1.54, 1.807) is 6.07 Å². The first kappa shape index (κ1) is 20.6. The number of hydrogen-bond donors (Lipinski definition) is 2. The first-order chi connectivity index (χ1) is 13.6. The predicted octanol–water partition coefficient (Wildman–Crippen LogP) is 1.90. The number of anilines is 1. The number of para-hydroxylation sites is 1. The Kier molecular flexibility index (Phi) is 7.65. The Morgan fingerprint density at radius 3 is 2.43 bits per heavy atom. The maximum Gasteiger partial charge on any atom is 0.309 e. The van der Waals surface area contributed by atoms with Crippen molar-refractivity contribution in [3.63, 3.8) is 0 Å². The summed E-state index contributed by atoms with van der Waals surface area (Å²) in [7, 11) is 0. The fraction of sp³-hybridized carbons (Fsp3) is 0.619. The van der Waals surface area contributed by atoms with Gasteiger partial charge in [-0.15, -0.1) is 0 Å². The van der Waals surface area contributed by atoms with Crippen LogP contribution in [0.15, 0.2) is 24.3 Å². The Morgan fingerprint density at radius 2 is 1.71 bits per heavy atom.